The Hall–Kier alpha value is -0.840. The van der Waals surface area contributed by atoms with Crippen LogP contribution in [0.15, 0.2) is 16.2 Å². The molecule has 1 fully saturated rings. The first-order valence-corrected chi connectivity index (χ1v) is 7.02. The van der Waals surface area contributed by atoms with Crippen LogP contribution in [0.25, 0.3) is 10.2 Å². The molecule has 0 saturated carbocycles. The molecule has 0 unspecified atom stereocenters. The molecule has 3 nitrogen and oxygen atoms in total. The molecule has 5 heteroatoms. The molecule has 3 heterocycles. The van der Waals surface area contributed by atoms with Gasteiger partial charge < -0.3 is 10.3 Å². The summed E-state index contributed by atoms with van der Waals surface area (Å²) in [5.41, 5.74) is 1.71. The van der Waals surface area contributed by atoms with Crippen LogP contribution in [0.1, 0.15) is 24.3 Å². The lowest BCUT2D eigenvalue weighted by atomic mass is 9.91. The van der Waals surface area contributed by atoms with Gasteiger partial charge in [0.05, 0.1) is 15.2 Å². The molecule has 0 amide bonds. The maximum absolute atomic E-state index is 12.1. The van der Waals surface area contributed by atoms with Crippen molar-refractivity contribution >= 4 is 33.2 Å². The summed E-state index contributed by atoms with van der Waals surface area (Å²) in [6.45, 7) is 1.99. The highest BCUT2D eigenvalue weighted by Crippen LogP contribution is 2.30. The first-order valence-electron chi connectivity index (χ1n) is 5.76. The monoisotopic (exact) mass is 268 g/mol. The van der Waals surface area contributed by atoms with Gasteiger partial charge in [0.2, 0.25) is 0 Å². The van der Waals surface area contributed by atoms with Crippen LogP contribution >= 0.6 is 22.9 Å². The third-order valence-corrected chi connectivity index (χ3v) is 4.70. The van der Waals surface area contributed by atoms with E-state index in [0.29, 0.717) is 10.9 Å². The van der Waals surface area contributed by atoms with Gasteiger partial charge in [0.1, 0.15) is 0 Å². The number of rotatable bonds is 1. The number of hydrogen-bond donors (Lipinski definition) is 2. The van der Waals surface area contributed by atoms with Gasteiger partial charge in [-0.25, -0.2) is 0 Å². The number of halogens is 1. The van der Waals surface area contributed by atoms with Crippen molar-refractivity contribution in [3.8, 4) is 0 Å². The Bertz CT molecular complexity index is 598. The fourth-order valence-electron chi connectivity index (χ4n) is 2.41. The SMILES string of the molecule is O=c1[nH]c2c(Cl)csc2cc1C1CCNCC1. The smallest absolute Gasteiger partial charge is 0.251 e. The van der Waals surface area contributed by atoms with Gasteiger partial charge in [0, 0.05) is 10.9 Å². The Kier molecular flexibility index (Phi) is 2.94. The third-order valence-electron chi connectivity index (χ3n) is 3.34. The molecule has 0 radical (unpaired) electrons. The van der Waals surface area contributed by atoms with E-state index in [1.165, 1.54) is 0 Å². The van der Waals surface area contributed by atoms with Crippen LogP contribution in [0.5, 0.6) is 0 Å². The summed E-state index contributed by atoms with van der Waals surface area (Å²) in [6.07, 6.45) is 2.07. The molecular formula is C12H13ClN2OS. The molecule has 1 saturated heterocycles. The van der Waals surface area contributed by atoms with Crippen molar-refractivity contribution in [1.29, 1.82) is 0 Å². The summed E-state index contributed by atoms with van der Waals surface area (Å²) in [5, 5.41) is 5.82. The van der Waals surface area contributed by atoms with Crippen molar-refractivity contribution in [1.82, 2.24) is 10.3 Å². The predicted molar refractivity (Wildman–Crippen MR) is 72.3 cm³/mol. The minimum Gasteiger partial charge on any atom is -0.320 e. The molecule has 2 N–H and O–H groups in total. The largest absolute Gasteiger partial charge is 0.320 e. The maximum atomic E-state index is 12.1. The van der Waals surface area contributed by atoms with Crippen LogP contribution < -0.4 is 10.9 Å². The van der Waals surface area contributed by atoms with E-state index in [0.717, 1.165) is 41.7 Å². The van der Waals surface area contributed by atoms with Gasteiger partial charge in [-0.2, -0.15) is 0 Å². The van der Waals surface area contributed by atoms with Gasteiger partial charge >= 0.3 is 0 Å². The van der Waals surface area contributed by atoms with Crippen molar-refractivity contribution in [2.75, 3.05) is 13.1 Å². The van der Waals surface area contributed by atoms with Crippen molar-refractivity contribution in [2.24, 2.45) is 0 Å². The lowest BCUT2D eigenvalue weighted by molar-refractivity contribution is 0.458. The van der Waals surface area contributed by atoms with Crippen molar-refractivity contribution in [3.05, 3.63) is 32.4 Å². The number of pyridine rings is 1. The first kappa shape index (κ1) is 11.3. The van der Waals surface area contributed by atoms with Crippen molar-refractivity contribution in [2.45, 2.75) is 18.8 Å². The van der Waals surface area contributed by atoms with Gasteiger partial charge in [-0.15, -0.1) is 11.3 Å². The second-order valence-electron chi connectivity index (χ2n) is 4.40. The normalized spacial score (nSPS) is 17.7. The van der Waals surface area contributed by atoms with E-state index in [1.807, 2.05) is 11.4 Å². The van der Waals surface area contributed by atoms with Gasteiger partial charge in [0.25, 0.3) is 5.56 Å². The van der Waals surface area contributed by atoms with E-state index in [4.69, 9.17) is 11.6 Å². The van der Waals surface area contributed by atoms with Gasteiger partial charge in [-0.1, -0.05) is 11.6 Å². The van der Waals surface area contributed by atoms with Gasteiger partial charge in [-0.05, 0) is 37.9 Å². The minimum absolute atomic E-state index is 0.0182. The van der Waals surface area contributed by atoms with Crippen molar-refractivity contribution in [3.63, 3.8) is 0 Å². The quantitative estimate of drug-likeness (QED) is 0.835. The highest BCUT2D eigenvalue weighted by atomic mass is 35.5. The molecule has 1 aliphatic rings. The van der Waals surface area contributed by atoms with E-state index in [9.17, 15) is 4.79 Å². The first-order chi connectivity index (χ1) is 8.25. The van der Waals surface area contributed by atoms with E-state index in [2.05, 4.69) is 10.3 Å². The maximum Gasteiger partial charge on any atom is 0.251 e. The summed E-state index contributed by atoms with van der Waals surface area (Å²) in [5.74, 6) is 0.380. The topological polar surface area (TPSA) is 44.9 Å². The fraction of sp³-hybridized carbons (Fsp3) is 0.417. The summed E-state index contributed by atoms with van der Waals surface area (Å²) < 4.78 is 1.07. The lowest BCUT2D eigenvalue weighted by Crippen LogP contribution is -2.29. The molecular weight excluding hydrogens is 256 g/mol. The average Bonchev–Trinajstić information content (AvgIpc) is 2.71. The zero-order valence-electron chi connectivity index (χ0n) is 9.25. The lowest BCUT2D eigenvalue weighted by Gasteiger charge is -2.22. The summed E-state index contributed by atoms with van der Waals surface area (Å²) in [4.78, 5) is 15.0. The summed E-state index contributed by atoms with van der Waals surface area (Å²) >= 11 is 7.60. The number of aromatic nitrogens is 1. The number of nitrogens with one attached hydrogen (secondary N) is 2. The van der Waals surface area contributed by atoms with Gasteiger partial charge in [-0.3, -0.25) is 4.79 Å². The van der Waals surface area contributed by atoms with Crippen LogP contribution in [0, 0.1) is 0 Å². The third kappa shape index (κ3) is 2.01. The fourth-order valence-corrected chi connectivity index (χ4v) is 3.57. The predicted octanol–water partition coefficient (Wildman–Crippen LogP) is 2.71. The Labute approximate surface area is 108 Å². The summed E-state index contributed by atoms with van der Waals surface area (Å²) in [6, 6.07) is 2.01. The van der Waals surface area contributed by atoms with E-state index < -0.39 is 0 Å². The molecule has 1 aliphatic heterocycles. The molecule has 2 aromatic heterocycles. The van der Waals surface area contributed by atoms with Crippen LogP contribution in [0.3, 0.4) is 0 Å². The van der Waals surface area contributed by atoms with E-state index >= 15 is 0 Å². The average molecular weight is 269 g/mol. The second-order valence-corrected chi connectivity index (χ2v) is 5.72. The Morgan fingerprint density at radius 1 is 1.35 bits per heavy atom. The Morgan fingerprint density at radius 3 is 2.88 bits per heavy atom. The molecule has 17 heavy (non-hydrogen) atoms. The van der Waals surface area contributed by atoms with E-state index in [1.54, 1.807) is 11.3 Å². The molecule has 90 valence electrons. The Balaban J connectivity index is 2.09. The molecule has 0 atom stereocenters. The number of hydrogen-bond acceptors (Lipinski definition) is 3. The number of aromatic amines is 1. The second kappa shape index (κ2) is 4.44. The zero-order valence-corrected chi connectivity index (χ0v) is 10.8. The van der Waals surface area contributed by atoms with Crippen molar-refractivity contribution < 1.29 is 0 Å². The molecule has 0 aliphatic carbocycles. The van der Waals surface area contributed by atoms with Crippen LogP contribution in [-0.2, 0) is 0 Å². The van der Waals surface area contributed by atoms with E-state index in [-0.39, 0.29) is 5.56 Å². The number of piperidine rings is 1. The standard InChI is InChI=1S/C12H13ClN2OS/c13-9-6-17-10-5-8(12(16)15-11(9)10)7-1-3-14-4-2-7/h5-7,14H,1-4H2,(H,15,16). The highest BCUT2D eigenvalue weighted by molar-refractivity contribution is 7.17. The van der Waals surface area contributed by atoms with Crippen LogP contribution in [0.2, 0.25) is 5.02 Å². The summed E-state index contributed by atoms with van der Waals surface area (Å²) in [7, 11) is 0. The van der Waals surface area contributed by atoms with Gasteiger partial charge in [0.15, 0.2) is 0 Å². The number of fused-ring (bicyclic) bond motifs is 1. The highest BCUT2D eigenvalue weighted by Gasteiger charge is 2.19. The molecule has 3 rings (SSSR count). The molecule has 0 bridgehead atoms. The minimum atomic E-state index is 0.0182. The zero-order chi connectivity index (χ0) is 11.8. The molecule has 0 aromatic carbocycles. The number of H-pyrrole nitrogens is 1. The van der Waals surface area contributed by atoms with Crippen LogP contribution in [0.4, 0.5) is 0 Å². The number of thiophene rings is 1. The molecule has 2 aromatic rings. The molecule has 0 spiro atoms. The Morgan fingerprint density at radius 2 is 2.12 bits per heavy atom. The van der Waals surface area contributed by atoms with Crippen LogP contribution in [-0.4, -0.2) is 18.1 Å².